The highest BCUT2D eigenvalue weighted by Crippen LogP contribution is 2.22. The van der Waals surface area contributed by atoms with Gasteiger partial charge in [0, 0.05) is 38.3 Å². The van der Waals surface area contributed by atoms with Gasteiger partial charge in [0.05, 0.1) is 0 Å². The summed E-state index contributed by atoms with van der Waals surface area (Å²) in [7, 11) is 0. The Morgan fingerprint density at radius 3 is 2.79 bits per heavy atom. The van der Waals surface area contributed by atoms with E-state index in [0.717, 1.165) is 32.5 Å². The van der Waals surface area contributed by atoms with E-state index in [1.54, 1.807) is 0 Å². The van der Waals surface area contributed by atoms with Crippen molar-refractivity contribution >= 4 is 5.97 Å². The number of nitrogens with one attached hydrogen (secondary N) is 1. The minimum Gasteiger partial charge on any atom is -0.480 e. The van der Waals surface area contributed by atoms with E-state index in [-0.39, 0.29) is 6.04 Å². The van der Waals surface area contributed by atoms with Crippen molar-refractivity contribution in [3.05, 3.63) is 0 Å². The molecule has 2 aliphatic heterocycles. The first-order valence-corrected chi connectivity index (χ1v) is 7.67. The first-order chi connectivity index (χ1) is 9.22. The average molecular weight is 267 g/mol. The summed E-state index contributed by atoms with van der Waals surface area (Å²) >= 11 is 0. The number of piperazine rings is 1. The van der Waals surface area contributed by atoms with Crippen LogP contribution in [0.2, 0.25) is 0 Å². The number of piperidine rings is 1. The molecule has 2 unspecified atom stereocenters. The maximum absolute atomic E-state index is 11.3. The molecule has 1 saturated carbocycles. The van der Waals surface area contributed by atoms with Gasteiger partial charge in [-0.05, 0) is 32.2 Å². The molecular formula is C14H25N3O2. The van der Waals surface area contributed by atoms with E-state index < -0.39 is 5.97 Å². The molecule has 3 fully saturated rings. The zero-order valence-electron chi connectivity index (χ0n) is 11.6. The lowest BCUT2D eigenvalue weighted by molar-refractivity contribution is -0.140. The van der Waals surface area contributed by atoms with Crippen LogP contribution < -0.4 is 5.32 Å². The lowest BCUT2D eigenvalue weighted by atomic mass is 9.99. The summed E-state index contributed by atoms with van der Waals surface area (Å²) < 4.78 is 0. The van der Waals surface area contributed by atoms with Crippen LogP contribution in [0, 0.1) is 0 Å². The fourth-order valence-electron chi connectivity index (χ4n) is 3.38. The summed E-state index contributed by atoms with van der Waals surface area (Å²) in [5, 5.41) is 12.6. The van der Waals surface area contributed by atoms with Crippen LogP contribution in [-0.4, -0.2) is 71.7 Å². The number of carboxylic acids is 1. The number of nitrogens with zero attached hydrogens (tertiary/aromatic N) is 2. The van der Waals surface area contributed by atoms with Crippen molar-refractivity contribution in [2.24, 2.45) is 0 Å². The summed E-state index contributed by atoms with van der Waals surface area (Å²) in [6.07, 6.45) is 6.22. The lowest BCUT2D eigenvalue weighted by Gasteiger charge is -2.44. The maximum Gasteiger partial charge on any atom is 0.322 e. The Balaban J connectivity index is 1.51. The summed E-state index contributed by atoms with van der Waals surface area (Å²) in [6, 6.07) is 0.734. The second-order valence-electron chi connectivity index (χ2n) is 6.28. The molecule has 19 heavy (non-hydrogen) atoms. The quantitative estimate of drug-likeness (QED) is 0.753. The van der Waals surface area contributed by atoms with Gasteiger partial charge in [-0.15, -0.1) is 0 Å². The highest BCUT2D eigenvalue weighted by atomic mass is 16.4. The molecule has 108 valence electrons. The van der Waals surface area contributed by atoms with Gasteiger partial charge in [0.2, 0.25) is 0 Å². The van der Waals surface area contributed by atoms with Gasteiger partial charge in [0.1, 0.15) is 6.04 Å². The van der Waals surface area contributed by atoms with Gasteiger partial charge >= 0.3 is 5.97 Å². The maximum atomic E-state index is 11.3. The first kappa shape index (κ1) is 13.3. The predicted octanol–water partition coefficient (Wildman–Crippen LogP) is 0.362. The number of rotatable bonds is 5. The van der Waals surface area contributed by atoms with Crippen LogP contribution in [0.25, 0.3) is 0 Å². The van der Waals surface area contributed by atoms with Crippen LogP contribution in [0.5, 0.6) is 0 Å². The van der Waals surface area contributed by atoms with Crippen molar-refractivity contribution in [3.63, 3.8) is 0 Å². The van der Waals surface area contributed by atoms with Crippen LogP contribution in [0.1, 0.15) is 32.1 Å². The topological polar surface area (TPSA) is 55.8 Å². The molecular weight excluding hydrogens is 242 g/mol. The SMILES string of the molecule is O=C(O)C(CN1CCN2CCCCC2C1)NC1CC1. The van der Waals surface area contributed by atoms with E-state index in [1.807, 2.05) is 0 Å². The molecule has 0 bridgehead atoms. The summed E-state index contributed by atoms with van der Waals surface area (Å²) in [4.78, 5) is 16.3. The van der Waals surface area contributed by atoms with Gasteiger partial charge < -0.3 is 10.4 Å². The fourth-order valence-corrected chi connectivity index (χ4v) is 3.38. The number of carboxylic acid groups (broad SMARTS) is 1. The largest absolute Gasteiger partial charge is 0.480 e. The zero-order valence-corrected chi connectivity index (χ0v) is 11.6. The van der Waals surface area contributed by atoms with Gasteiger partial charge in [-0.25, -0.2) is 0 Å². The third-order valence-electron chi connectivity index (χ3n) is 4.67. The van der Waals surface area contributed by atoms with E-state index in [9.17, 15) is 9.90 Å². The van der Waals surface area contributed by atoms with Crippen molar-refractivity contribution in [1.29, 1.82) is 0 Å². The molecule has 1 aliphatic carbocycles. The van der Waals surface area contributed by atoms with Crippen LogP contribution in [0.3, 0.4) is 0 Å². The highest BCUT2D eigenvalue weighted by molar-refractivity contribution is 5.73. The van der Waals surface area contributed by atoms with Crippen LogP contribution in [0.15, 0.2) is 0 Å². The number of fused-ring (bicyclic) bond motifs is 1. The van der Waals surface area contributed by atoms with Crippen molar-refractivity contribution in [2.75, 3.05) is 32.7 Å². The van der Waals surface area contributed by atoms with Gasteiger partial charge in [-0.2, -0.15) is 0 Å². The monoisotopic (exact) mass is 267 g/mol. The minimum absolute atomic E-state index is 0.386. The fraction of sp³-hybridized carbons (Fsp3) is 0.929. The predicted molar refractivity (Wildman–Crippen MR) is 73.2 cm³/mol. The Morgan fingerprint density at radius 2 is 2.05 bits per heavy atom. The first-order valence-electron chi connectivity index (χ1n) is 7.67. The number of carbonyl (C=O) groups is 1. The molecule has 3 aliphatic rings. The molecule has 0 spiro atoms. The Bertz CT molecular complexity index is 333. The molecule has 5 heteroatoms. The van der Waals surface area contributed by atoms with E-state index >= 15 is 0 Å². The van der Waals surface area contributed by atoms with Crippen LogP contribution >= 0.6 is 0 Å². The van der Waals surface area contributed by atoms with Crippen LogP contribution in [-0.2, 0) is 4.79 Å². The molecule has 2 N–H and O–H groups in total. The number of hydrogen-bond acceptors (Lipinski definition) is 4. The number of aliphatic carboxylic acids is 1. The zero-order chi connectivity index (χ0) is 13.2. The summed E-state index contributed by atoms with van der Waals surface area (Å²) in [6.45, 7) is 5.08. The molecule has 3 rings (SSSR count). The molecule has 0 aromatic heterocycles. The third kappa shape index (κ3) is 3.46. The molecule has 2 saturated heterocycles. The standard InChI is InChI=1S/C14H25N3O2/c18-14(19)13(15-11-4-5-11)10-16-7-8-17-6-2-1-3-12(17)9-16/h11-13,15H,1-10H2,(H,18,19). The van der Waals surface area contributed by atoms with E-state index in [1.165, 1.54) is 25.8 Å². The van der Waals surface area contributed by atoms with Crippen LogP contribution in [0.4, 0.5) is 0 Å². The summed E-state index contributed by atoms with van der Waals surface area (Å²) in [5.41, 5.74) is 0. The van der Waals surface area contributed by atoms with E-state index in [2.05, 4.69) is 15.1 Å². The molecule has 0 aromatic carbocycles. The Labute approximate surface area is 114 Å². The number of hydrogen-bond donors (Lipinski definition) is 2. The molecule has 0 radical (unpaired) electrons. The van der Waals surface area contributed by atoms with Gasteiger partial charge in [0.15, 0.2) is 0 Å². The van der Waals surface area contributed by atoms with Crippen molar-refractivity contribution in [1.82, 2.24) is 15.1 Å². The molecule has 2 heterocycles. The second-order valence-corrected chi connectivity index (χ2v) is 6.28. The smallest absolute Gasteiger partial charge is 0.322 e. The third-order valence-corrected chi connectivity index (χ3v) is 4.67. The van der Waals surface area contributed by atoms with Crippen molar-refractivity contribution in [2.45, 2.75) is 50.2 Å². The average Bonchev–Trinajstić information content (AvgIpc) is 3.22. The Morgan fingerprint density at radius 1 is 1.21 bits per heavy atom. The van der Waals surface area contributed by atoms with Gasteiger partial charge in [0.25, 0.3) is 0 Å². The minimum atomic E-state index is -0.696. The highest BCUT2D eigenvalue weighted by Gasteiger charge is 2.33. The normalized spacial score (nSPS) is 30.8. The van der Waals surface area contributed by atoms with E-state index in [4.69, 9.17) is 0 Å². The second kappa shape index (κ2) is 5.77. The van der Waals surface area contributed by atoms with E-state index in [0.29, 0.717) is 18.6 Å². The molecule has 2 atom stereocenters. The van der Waals surface area contributed by atoms with Gasteiger partial charge in [-0.3, -0.25) is 14.6 Å². The van der Waals surface area contributed by atoms with Gasteiger partial charge in [-0.1, -0.05) is 6.42 Å². The van der Waals surface area contributed by atoms with Crippen molar-refractivity contribution < 1.29 is 9.90 Å². The summed E-state index contributed by atoms with van der Waals surface area (Å²) in [5.74, 6) is -0.696. The Kier molecular flexibility index (Phi) is 4.05. The Hall–Kier alpha value is -0.650. The molecule has 0 amide bonds. The molecule has 5 nitrogen and oxygen atoms in total. The van der Waals surface area contributed by atoms with Crippen molar-refractivity contribution in [3.8, 4) is 0 Å². The molecule has 0 aromatic rings. The lowest BCUT2D eigenvalue weighted by Crippen LogP contribution is -2.58.